The first-order valence-corrected chi connectivity index (χ1v) is 6.51. The number of hydrazine groups is 1. The number of nitrogens with one attached hydrogen (secondary N) is 2. The highest BCUT2D eigenvalue weighted by Gasteiger charge is 2.17. The van der Waals surface area contributed by atoms with E-state index in [4.69, 9.17) is 10.6 Å². The predicted octanol–water partition coefficient (Wildman–Crippen LogP) is 0.267. The van der Waals surface area contributed by atoms with Crippen molar-refractivity contribution in [3.05, 3.63) is 10.7 Å². The number of nitrogen functional groups attached to an aromatic ring is 1. The smallest absolute Gasteiger partial charge is 0.239 e. The van der Waals surface area contributed by atoms with Crippen molar-refractivity contribution in [1.29, 1.82) is 0 Å². The largest absolute Gasteiger partial charge is 0.374 e. The molecule has 0 amide bonds. The number of aromatic nitrogens is 2. The SMILES string of the molecule is CN1CCOC(CNc2nc(NN)ncc2Br)C1. The molecule has 7 nitrogen and oxygen atoms in total. The van der Waals surface area contributed by atoms with Crippen molar-refractivity contribution >= 4 is 27.7 Å². The van der Waals surface area contributed by atoms with E-state index in [1.807, 2.05) is 0 Å². The molecule has 2 rings (SSSR count). The molecular weight excluding hydrogens is 300 g/mol. The zero-order valence-electron chi connectivity index (χ0n) is 10.2. The maximum absolute atomic E-state index is 5.66. The minimum atomic E-state index is 0.167. The number of likely N-dealkylation sites (N-methyl/N-ethyl adjacent to an activating group) is 1. The Morgan fingerprint density at radius 1 is 1.67 bits per heavy atom. The Kier molecular flexibility index (Phi) is 4.70. The first kappa shape index (κ1) is 13.5. The van der Waals surface area contributed by atoms with E-state index in [1.165, 1.54) is 0 Å². The molecule has 100 valence electrons. The molecule has 18 heavy (non-hydrogen) atoms. The van der Waals surface area contributed by atoms with Gasteiger partial charge in [-0.3, -0.25) is 5.43 Å². The zero-order chi connectivity index (χ0) is 13.0. The van der Waals surface area contributed by atoms with Crippen LogP contribution in [0, 0.1) is 0 Å². The Hall–Kier alpha value is -0.960. The molecule has 1 fully saturated rings. The summed E-state index contributed by atoms with van der Waals surface area (Å²) in [5.74, 6) is 6.36. The second-order valence-electron chi connectivity index (χ2n) is 4.17. The van der Waals surface area contributed by atoms with Crippen LogP contribution in [0.15, 0.2) is 10.7 Å². The summed E-state index contributed by atoms with van der Waals surface area (Å²) in [5, 5.41) is 3.23. The van der Waals surface area contributed by atoms with E-state index in [0.717, 1.165) is 24.2 Å². The van der Waals surface area contributed by atoms with Crippen molar-refractivity contribution in [1.82, 2.24) is 14.9 Å². The van der Waals surface area contributed by atoms with Crippen LogP contribution in [0.2, 0.25) is 0 Å². The highest BCUT2D eigenvalue weighted by atomic mass is 79.9. The lowest BCUT2D eigenvalue weighted by Gasteiger charge is -2.30. The summed E-state index contributed by atoms with van der Waals surface area (Å²) in [6, 6.07) is 0. The number of hydrogen-bond acceptors (Lipinski definition) is 7. The van der Waals surface area contributed by atoms with Crippen LogP contribution in [-0.4, -0.2) is 54.3 Å². The summed E-state index contributed by atoms with van der Waals surface area (Å²) < 4.78 is 6.46. The molecule has 0 spiro atoms. The Balaban J connectivity index is 1.92. The predicted molar refractivity (Wildman–Crippen MR) is 73.3 cm³/mol. The first-order valence-electron chi connectivity index (χ1n) is 5.72. The molecule has 8 heteroatoms. The molecule has 1 aromatic rings. The van der Waals surface area contributed by atoms with Gasteiger partial charge in [0.1, 0.15) is 5.82 Å². The monoisotopic (exact) mass is 316 g/mol. The Bertz CT molecular complexity index is 404. The minimum Gasteiger partial charge on any atom is -0.374 e. The third-order valence-corrected chi connectivity index (χ3v) is 3.29. The summed E-state index contributed by atoms with van der Waals surface area (Å²) >= 11 is 3.39. The summed E-state index contributed by atoms with van der Waals surface area (Å²) in [5.41, 5.74) is 2.42. The molecule has 4 N–H and O–H groups in total. The van der Waals surface area contributed by atoms with Crippen molar-refractivity contribution in [3.8, 4) is 0 Å². The molecule has 0 bridgehead atoms. The van der Waals surface area contributed by atoms with Crippen LogP contribution < -0.4 is 16.6 Å². The van der Waals surface area contributed by atoms with Gasteiger partial charge in [-0.25, -0.2) is 10.8 Å². The van der Waals surface area contributed by atoms with Gasteiger partial charge in [-0.2, -0.15) is 4.98 Å². The summed E-state index contributed by atoms with van der Waals surface area (Å²) in [7, 11) is 2.09. The highest BCUT2D eigenvalue weighted by Crippen LogP contribution is 2.20. The number of ether oxygens (including phenoxy) is 1. The topological polar surface area (TPSA) is 88.3 Å². The zero-order valence-corrected chi connectivity index (χ0v) is 11.8. The molecule has 1 aromatic heterocycles. The molecule has 1 aliphatic heterocycles. The second kappa shape index (κ2) is 6.28. The number of hydrogen-bond donors (Lipinski definition) is 3. The number of nitrogens with zero attached hydrogens (tertiary/aromatic N) is 3. The fourth-order valence-electron chi connectivity index (χ4n) is 1.76. The van der Waals surface area contributed by atoms with Crippen molar-refractivity contribution in [2.24, 2.45) is 5.84 Å². The van der Waals surface area contributed by atoms with Gasteiger partial charge in [0.15, 0.2) is 0 Å². The molecule has 0 saturated carbocycles. The number of morpholine rings is 1. The fourth-order valence-corrected chi connectivity index (χ4v) is 2.09. The molecule has 1 unspecified atom stereocenters. The van der Waals surface area contributed by atoms with E-state index in [0.29, 0.717) is 18.3 Å². The van der Waals surface area contributed by atoms with Gasteiger partial charge in [-0.15, -0.1) is 0 Å². The maximum Gasteiger partial charge on any atom is 0.239 e. The van der Waals surface area contributed by atoms with E-state index in [9.17, 15) is 0 Å². The van der Waals surface area contributed by atoms with Gasteiger partial charge < -0.3 is 15.0 Å². The van der Waals surface area contributed by atoms with Gasteiger partial charge in [-0.05, 0) is 23.0 Å². The number of halogens is 1. The third kappa shape index (κ3) is 3.52. The van der Waals surface area contributed by atoms with Gasteiger partial charge in [-0.1, -0.05) is 0 Å². The number of nitrogens with two attached hydrogens (primary N) is 1. The van der Waals surface area contributed by atoms with Crippen LogP contribution in [0.1, 0.15) is 0 Å². The molecule has 1 atom stereocenters. The molecular formula is C10H17BrN6O. The lowest BCUT2D eigenvalue weighted by Crippen LogP contribution is -2.43. The molecule has 0 radical (unpaired) electrons. The first-order chi connectivity index (χ1) is 8.69. The Morgan fingerprint density at radius 3 is 3.22 bits per heavy atom. The molecule has 1 aliphatic rings. The number of anilines is 2. The van der Waals surface area contributed by atoms with E-state index < -0.39 is 0 Å². The normalized spacial score (nSPS) is 20.7. The highest BCUT2D eigenvalue weighted by molar-refractivity contribution is 9.10. The van der Waals surface area contributed by atoms with E-state index in [-0.39, 0.29) is 6.10 Å². The van der Waals surface area contributed by atoms with Crippen molar-refractivity contribution < 1.29 is 4.74 Å². The lowest BCUT2D eigenvalue weighted by molar-refractivity contribution is -0.0117. The van der Waals surface area contributed by atoms with Crippen molar-refractivity contribution in [2.75, 3.05) is 44.0 Å². The van der Waals surface area contributed by atoms with Gasteiger partial charge >= 0.3 is 0 Å². The Morgan fingerprint density at radius 2 is 2.50 bits per heavy atom. The van der Waals surface area contributed by atoms with E-state index in [1.54, 1.807) is 6.20 Å². The Labute approximate surface area is 114 Å². The van der Waals surface area contributed by atoms with Crippen LogP contribution in [0.4, 0.5) is 11.8 Å². The molecule has 1 saturated heterocycles. The quantitative estimate of drug-likeness (QED) is 0.542. The average Bonchev–Trinajstić information content (AvgIpc) is 2.38. The minimum absolute atomic E-state index is 0.167. The molecule has 0 aliphatic carbocycles. The van der Waals surface area contributed by atoms with Gasteiger partial charge in [0.2, 0.25) is 5.95 Å². The molecule has 2 heterocycles. The van der Waals surface area contributed by atoms with E-state index >= 15 is 0 Å². The van der Waals surface area contributed by atoms with Crippen LogP contribution in [0.25, 0.3) is 0 Å². The van der Waals surface area contributed by atoms with Crippen LogP contribution in [-0.2, 0) is 4.74 Å². The van der Waals surface area contributed by atoms with Gasteiger partial charge in [0.05, 0.1) is 17.2 Å². The number of rotatable bonds is 4. The fraction of sp³-hybridized carbons (Fsp3) is 0.600. The lowest BCUT2D eigenvalue weighted by atomic mass is 10.3. The van der Waals surface area contributed by atoms with Gasteiger partial charge in [0.25, 0.3) is 0 Å². The maximum atomic E-state index is 5.66. The van der Waals surface area contributed by atoms with Crippen LogP contribution >= 0.6 is 15.9 Å². The van der Waals surface area contributed by atoms with E-state index in [2.05, 4.69) is 48.6 Å². The molecule has 0 aromatic carbocycles. The summed E-state index contributed by atoms with van der Waals surface area (Å²) in [6.45, 7) is 3.36. The standard InChI is InChI=1S/C10H17BrN6O/c1-17-2-3-18-7(6-17)4-13-9-8(11)5-14-10(15-9)16-12/h5,7H,2-4,6,12H2,1H3,(H2,13,14,15,16). The van der Waals surface area contributed by atoms with Gasteiger partial charge in [0, 0.05) is 25.8 Å². The van der Waals surface area contributed by atoms with Crippen LogP contribution in [0.3, 0.4) is 0 Å². The van der Waals surface area contributed by atoms with Crippen molar-refractivity contribution in [3.63, 3.8) is 0 Å². The van der Waals surface area contributed by atoms with Crippen LogP contribution in [0.5, 0.6) is 0 Å². The third-order valence-electron chi connectivity index (χ3n) is 2.71. The average molecular weight is 317 g/mol. The summed E-state index contributed by atoms with van der Waals surface area (Å²) in [6.07, 6.45) is 1.82. The summed E-state index contributed by atoms with van der Waals surface area (Å²) in [4.78, 5) is 10.5. The second-order valence-corrected chi connectivity index (χ2v) is 5.02. The van der Waals surface area contributed by atoms with Crippen molar-refractivity contribution in [2.45, 2.75) is 6.10 Å².